The van der Waals surface area contributed by atoms with E-state index in [0.717, 1.165) is 0 Å². The van der Waals surface area contributed by atoms with Gasteiger partial charge in [0.25, 0.3) is 17.5 Å². The smallest absolute Gasteiger partial charge is 0.270 e. The number of nitro groups is 1. The quantitative estimate of drug-likeness (QED) is 0.526. The number of amides is 2. The van der Waals surface area contributed by atoms with Gasteiger partial charge in [-0.3, -0.25) is 19.7 Å². The maximum Gasteiger partial charge on any atom is 0.270 e. The highest BCUT2D eigenvalue weighted by Crippen LogP contribution is 2.25. The van der Waals surface area contributed by atoms with Crippen LogP contribution in [0.2, 0.25) is 5.02 Å². The third-order valence-electron chi connectivity index (χ3n) is 5.03. The lowest BCUT2D eigenvalue weighted by atomic mass is 10.1. The van der Waals surface area contributed by atoms with Crippen molar-refractivity contribution in [2.45, 2.75) is 0 Å². The van der Waals surface area contributed by atoms with Crippen LogP contribution in [0.4, 0.5) is 5.69 Å². The zero-order valence-electron chi connectivity index (χ0n) is 15.3. The Labute approximate surface area is 170 Å². The molecule has 2 amide bonds. The van der Waals surface area contributed by atoms with E-state index in [4.69, 9.17) is 11.6 Å². The fourth-order valence-corrected chi connectivity index (χ4v) is 3.68. The van der Waals surface area contributed by atoms with Gasteiger partial charge in [-0.05, 0) is 24.3 Å². The van der Waals surface area contributed by atoms with Crippen molar-refractivity contribution in [2.75, 3.05) is 26.2 Å². The number of carbonyl (C=O) groups excluding carboxylic acids is 2. The van der Waals surface area contributed by atoms with E-state index >= 15 is 0 Å². The van der Waals surface area contributed by atoms with Gasteiger partial charge in [-0.2, -0.15) is 0 Å². The zero-order valence-corrected chi connectivity index (χ0v) is 16.1. The van der Waals surface area contributed by atoms with Crippen LogP contribution in [0.5, 0.6) is 0 Å². The number of carbonyl (C=O) groups is 2. The lowest BCUT2D eigenvalue weighted by Gasteiger charge is -2.34. The van der Waals surface area contributed by atoms with Crippen molar-refractivity contribution in [3.05, 3.63) is 74.9 Å². The van der Waals surface area contributed by atoms with E-state index in [1.54, 1.807) is 46.3 Å². The molecule has 148 valence electrons. The fourth-order valence-electron chi connectivity index (χ4n) is 3.49. The molecule has 0 bridgehead atoms. The number of hydrogen-bond donors (Lipinski definition) is 1. The summed E-state index contributed by atoms with van der Waals surface area (Å²) in [5.41, 5.74) is 1.50. The van der Waals surface area contributed by atoms with Gasteiger partial charge in [0.05, 0.1) is 10.5 Å². The molecule has 29 heavy (non-hydrogen) atoms. The van der Waals surface area contributed by atoms with Crippen molar-refractivity contribution in [3.63, 3.8) is 0 Å². The van der Waals surface area contributed by atoms with Gasteiger partial charge in [0.1, 0.15) is 0 Å². The van der Waals surface area contributed by atoms with Gasteiger partial charge in [-0.1, -0.05) is 17.7 Å². The van der Waals surface area contributed by atoms with Gasteiger partial charge >= 0.3 is 0 Å². The Morgan fingerprint density at radius 3 is 2.34 bits per heavy atom. The molecule has 1 aliphatic heterocycles. The van der Waals surface area contributed by atoms with E-state index in [1.807, 2.05) is 0 Å². The highest BCUT2D eigenvalue weighted by Gasteiger charge is 2.27. The maximum absolute atomic E-state index is 13.0. The monoisotopic (exact) mass is 412 g/mol. The Hall–Kier alpha value is -3.39. The molecule has 1 saturated heterocycles. The lowest BCUT2D eigenvalue weighted by Crippen LogP contribution is -2.50. The molecule has 0 radical (unpaired) electrons. The number of aromatic nitrogens is 1. The van der Waals surface area contributed by atoms with Crippen LogP contribution in [0.3, 0.4) is 0 Å². The van der Waals surface area contributed by atoms with Crippen LogP contribution in [0.1, 0.15) is 20.7 Å². The van der Waals surface area contributed by atoms with Crippen LogP contribution < -0.4 is 0 Å². The van der Waals surface area contributed by atoms with Crippen molar-refractivity contribution < 1.29 is 14.5 Å². The minimum atomic E-state index is -0.485. The first kappa shape index (κ1) is 18.9. The number of non-ortho nitro benzene ring substituents is 1. The summed E-state index contributed by atoms with van der Waals surface area (Å²) < 4.78 is 0. The number of nitrogens with one attached hydrogen (secondary N) is 1. The van der Waals surface area contributed by atoms with Crippen LogP contribution in [-0.2, 0) is 0 Å². The molecule has 9 heteroatoms. The summed E-state index contributed by atoms with van der Waals surface area (Å²) in [4.78, 5) is 42.5. The molecule has 0 unspecified atom stereocenters. The summed E-state index contributed by atoms with van der Waals surface area (Å²) in [6.07, 6.45) is 1.57. The van der Waals surface area contributed by atoms with Gasteiger partial charge in [0.15, 0.2) is 0 Å². The third-order valence-corrected chi connectivity index (χ3v) is 5.27. The number of piperazine rings is 1. The number of halogens is 1. The second kappa shape index (κ2) is 7.56. The van der Waals surface area contributed by atoms with E-state index in [0.29, 0.717) is 53.2 Å². The number of H-pyrrole nitrogens is 1. The predicted octanol–water partition coefficient (Wildman–Crippen LogP) is 3.33. The zero-order chi connectivity index (χ0) is 20.5. The predicted molar refractivity (Wildman–Crippen MR) is 108 cm³/mol. The van der Waals surface area contributed by atoms with Gasteiger partial charge in [0.2, 0.25) is 0 Å². The molecule has 0 spiro atoms. The fraction of sp³-hybridized carbons (Fsp3) is 0.200. The first-order valence-electron chi connectivity index (χ1n) is 9.03. The summed E-state index contributed by atoms with van der Waals surface area (Å²) >= 11 is 5.96. The number of fused-ring (bicyclic) bond motifs is 1. The van der Waals surface area contributed by atoms with E-state index in [-0.39, 0.29) is 17.5 Å². The number of nitro benzene ring substituents is 1. The average Bonchev–Trinajstić information content (AvgIpc) is 3.16. The van der Waals surface area contributed by atoms with Crippen LogP contribution in [0, 0.1) is 10.1 Å². The van der Waals surface area contributed by atoms with Crippen LogP contribution in [0.15, 0.2) is 48.7 Å². The van der Waals surface area contributed by atoms with Crippen molar-refractivity contribution >= 4 is 40.0 Å². The second-order valence-corrected chi connectivity index (χ2v) is 7.22. The molecule has 0 saturated carbocycles. The first-order chi connectivity index (χ1) is 13.9. The Balaban J connectivity index is 1.48. The number of nitrogens with zero attached hydrogens (tertiary/aromatic N) is 3. The summed E-state index contributed by atoms with van der Waals surface area (Å²) in [6, 6.07) is 11.2. The molecule has 1 aromatic heterocycles. The SMILES string of the molecule is O=C(c1cccc(Cl)c1)N1CCN(C(=O)c2c[nH]c3ccc([N+](=O)[O-])cc23)CC1. The van der Waals surface area contributed by atoms with Gasteiger partial charge in [0, 0.05) is 66.0 Å². The van der Waals surface area contributed by atoms with Crippen LogP contribution >= 0.6 is 11.6 Å². The van der Waals surface area contributed by atoms with Crippen molar-refractivity contribution in [2.24, 2.45) is 0 Å². The summed E-state index contributed by atoms with van der Waals surface area (Å²) in [5.74, 6) is -0.339. The molecular formula is C20H17ClN4O4. The van der Waals surface area contributed by atoms with E-state index in [1.165, 1.54) is 12.1 Å². The standard InChI is InChI=1S/C20H17ClN4O4/c21-14-3-1-2-13(10-14)19(26)23-6-8-24(9-7-23)20(27)17-12-22-18-5-4-15(25(28)29)11-16(17)18/h1-5,10-12,22H,6-9H2. The molecular weight excluding hydrogens is 396 g/mol. The molecule has 1 aliphatic rings. The summed E-state index contributed by atoms with van der Waals surface area (Å²) in [6.45, 7) is 1.57. The number of rotatable bonds is 3. The number of aromatic amines is 1. The average molecular weight is 413 g/mol. The van der Waals surface area contributed by atoms with E-state index in [9.17, 15) is 19.7 Å². The molecule has 1 N–H and O–H groups in total. The number of hydrogen-bond acceptors (Lipinski definition) is 4. The Morgan fingerprint density at radius 2 is 1.69 bits per heavy atom. The lowest BCUT2D eigenvalue weighted by molar-refractivity contribution is -0.384. The van der Waals surface area contributed by atoms with Crippen molar-refractivity contribution in [1.29, 1.82) is 0 Å². The summed E-state index contributed by atoms with van der Waals surface area (Å²) in [5, 5.41) is 12.1. The molecule has 0 atom stereocenters. The minimum Gasteiger partial charge on any atom is -0.360 e. The van der Waals surface area contributed by atoms with E-state index in [2.05, 4.69) is 4.98 Å². The highest BCUT2D eigenvalue weighted by atomic mass is 35.5. The Bertz CT molecular complexity index is 1120. The second-order valence-electron chi connectivity index (χ2n) is 6.78. The molecule has 3 aromatic rings. The first-order valence-corrected chi connectivity index (χ1v) is 9.41. The maximum atomic E-state index is 13.0. The van der Waals surface area contributed by atoms with Crippen LogP contribution in [-0.4, -0.2) is 57.7 Å². The van der Waals surface area contributed by atoms with Crippen LogP contribution in [0.25, 0.3) is 10.9 Å². The number of benzene rings is 2. The Morgan fingerprint density at radius 1 is 1.00 bits per heavy atom. The van der Waals surface area contributed by atoms with Gasteiger partial charge in [-0.15, -0.1) is 0 Å². The largest absolute Gasteiger partial charge is 0.360 e. The van der Waals surface area contributed by atoms with E-state index < -0.39 is 4.92 Å². The topological polar surface area (TPSA) is 99.6 Å². The summed E-state index contributed by atoms with van der Waals surface area (Å²) in [7, 11) is 0. The molecule has 2 aromatic carbocycles. The Kier molecular flexibility index (Phi) is 4.94. The minimum absolute atomic E-state index is 0.0666. The molecule has 2 heterocycles. The van der Waals surface area contributed by atoms with Gasteiger partial charge < -0.3 is 14.8 Å². The van der Waals surface area contributed by atoms with Crippen molar-refractivity contribution in [1.82, 2.24) is 14.8 Å². The highest BCUT2D eigenvalue weighted by molar-refractivity contribution is 6.31. The molecule has 0 aliphatic carbocycles. The molecule has 4 rings (SSSR count). The molecule has 8 nitrogen and oxygen atoms in total. The third kappa shape index (κ3) is 3.66. The normalized spacial score (nSPS) is 14.2. The van der Waals surface area contributed by atoms with Crippen molar-refractivity contribution in [3.8, 4) is 0 Å². The van der Waals surface area contributed by atoms with Gasteiger partial charge in [-0.25, -0.2) is 0 Å². The molecule has 1 fully saturated rings.